The van der Waals surface area contributed by atoms with Crippen molar-refractivity contribution in [2.75, 3.05) is 6.61 Å². The molecule has 1 aliphatic heterocycles. The van der Waals surface area contributed by atoms with E-state index in [1.54, 1.807) is 19.1 Å². The topological polar surface area (TPSA) is 62.1 Å². The van der Waals surface area contributed by atoms with Crippen molar-refractivity contribution in [3.05, 3.63) is 29.8 Å². The molecule has 2 rings (SSSR count). The van der Waals surface area contributed by atoms with Crippen molar-refractivity contribution in [1.82, 2.24) is 5.01 Å². The SMILES string of the molecule is CCOc1ccc(CC(=O)N2N=C(C(F)F)CC2(O)C(F)F)cc1. The van der Waals surface area contributed by atoms with Crippen LogP contribution in [0.2, 0.25) is 0 Å². The summed E-state index contributed by atoms with van der Waals surface area (Å²) in [5.74, 6) is -0.436. The molecule has 1 aromatic rings. The van der Waals surface area contributed by atoms with Crippen molar-refractivity contribution in [2.45, 2.75) is 38.3 Å². The number of hydrogen-bond acceptors (Lipinski definition) is 4. The predicted molar refractivity (Wildman–Crippen MR) is 77.2 cm³/mol. The summed E-state index contributed by atoms with van der Waals surface area (Å²) in [6.45, 7) is 2.26. The quantitative estimate of drug-likeness (QED) is 0.803. The molecular formula is C15H16F4N2O3. The predicted octanol–water partition coefficient (Wildman–Crippen LogP) is 2.43. The van der Waals surface area contributed by atoms with E-state index < -0.39 is 36.6 Å². The number of carbonyl (C=O) groups excluding carboxylic acids is 1. The number of rotatable bonds is 6. The van der Waals surface area contributed by atoms with Crippen molar-refractivity contribution in [3.8, 4) is 5.75 Å². The minimum Gasteiger partial charge on any atom is -0.494 e. The van der Waals surface area contributed by atoms with Crippen LogP contribution in [-0.2, 0) is 11.2 Å². The maximum Gasteiger partial charge on any atom is 0.287 e. The van der Waals surface area contributed by atoms with Crippen LogP contribution in [0.1, 0.15) is 18.9 Å². The molecule has 0 aliphatic carbocycles. The van der Waals surface area contributed by atoms with Crippen LogP contribution in [-0.4, -0.2) is 46.9 Å². The fraction of sp³-hybridized carbons (Fsp3) is 0.467. The third-order valence-electron chi connectivity index (χ3n) is 3.46. The van der Waals surface area contributed by atoms with Gasteiger partial charge in [0, 0.05) is 6.42 Å². The van der Waals surface area contributed by atoms with Crippen molar-refractivity contribution >= 4 is 11.6 Å². The fourth-order valence-corrected chi connectivity index (χ4v) is 2.27. The standard InChI is InChI=1S/C15H16F4N2O3/c1-2-24-10-5-3-9(4-6-10)7-12(22)21-15(23,14(18)19)8-11(20-21)13(16)17/h3-6,13-14,23H,2,7-8H2,1H3. The van der Waals surface area contributed by atoms with Crippen LogP contribution < -0.4 is 4.74 Å². The van der Waals surface area contributed by atoms with E-state index in [4.69, 9.17) is 4.74 Å². The summed E-state index contributed by atoms with van der Waals surface area (Å²) < 4.78 is 56.7. The molecule has 1 aromatic carbocycles. The molecule has 0 spiro atoms. The van der Waals surface area contributed by atoms with Crippen molar-refractivity contribution in [3.63, 3.8) is 0 Å². The minimum atomic E-state index is -3.43. The van der Waals surface area contributed by atoms with Crippen LogP contribution in [0.5, 0.6) is 5.75 Å². The Morgan fingerprint density at radius 3 is 2.46 bits per heavy atom. The van der Waals surface area contributed by atoms with E-state index in [1.807, 2.05) is 0 Å². The number of nitrogens with zero attached hydrogens (tertiary/aromatic N) is 2. The van der Waals surface area contributed by atoms with Crippen LogP contribution in [0, 0.1) is 0 Å². The summed E-state index contributed by atoms with van der Waals surface area (Å²) in [6.07, 6.45) is -8.01. The first-order valence-electron chi connectivity index (χ1n) is 7.18. The first-order valence-corrected chi connectivity index (χ1v) is 7.18. The van der Waals surface area contributed by atoms with Gasteiger partial charge in [0.15, 0.2) is 0 Å². The van der Waals surface area contributed by atoms with Gasteiger partial charge >= 0.3 is 0 Å². The molecule has 0 saturated heterocycles. The molecule has 1 atom stereocenters. The van der Waals surface area contributed by atoms with Crippen LogP contribution in [0.4, 0.5) is 17.6 Å². The maximum absolute atomic E-state index is 13.1. The molecule has 0 radical (unpaired) electrons. The number of aliphatic hydroxyl groups is 1. The molecule has 24 heavy (non-hydrogen) atoms. The average molecular weight is 348 g/mol. The summed E-state index contributed by atoms with van der Waals surface area (Å²) in [7, 11) is 0. The highest BCUT2D eigenvalue weighted by molar-refractivity contribution is 5.93. The number of amides is 1. The summed E-state index contributed by atoms with van der Waals surface area (Å²) in [6, 6.07) is 6.25. The highest BCUT2D eigenvalue weighted by Gasteiger charge is 2.53. The smallest absolute Gasteiger partial charge is 0.287 e. The van der Waals surface area contributed by atoms with Gasteiger partial charge in [-0.2, -0.15) is 10.1 Å². The molecule has 132 valence electrons. The molecule has 0 saturated carbocycles. The molecule has 0 bridgehead atoms. The number of benzene rings is 1. The van der Waals surface area contributed by atoms with Gasteiger partial charge in [0.2, 0.25) is 11.6 Å². The van der Waals surface area contributed by atoms with E-state index in [0.29, 0.717) is 17.9 Å². The second-order valence-corrected chi connectivity index (χ2v) is 5.21. The third-order valence-corrected chi connectivity index (χ3v) is 3.46. The Morgan fingerprint density at radius 1 is 1.33 bits per heavy atom. The monoisotopic (exact) mass is 348 g/mol. The number of hydrazone groups is 1. The van der Waals surface area contributed by atoms with E-state index in [0.717, 1.165) is 0 Å². The Kier molecular flexibility index (Phi) is 5.43. The van der Waals surface area contributed by atoms with Gasteiger partial charge in [-0.05, 0) is 24.6 Å². The van der Waals surface area contributed by atoms with Crippen molar-refractivity contribution in [2.24, 2.45) is 5.10 Å². The molecule has 1 N–H and O–H groups in total. The number of hydrogen-bond donors (Lipinski definition) is 1. The number of halogens is 4. The molecule has 0 fully saturated rings. The Morgan fingerprint density at radius 2 is 1.96 bits per heavy atom. The summed E-state index contributed by atoms with van der Waals surface area (Å²) >= 11 is 0. The van der Waals surface area contributed by atoms with Gasteiger partial charge in [-0.15, -0.1) is 0 Å². The van der Waals surface area contributed by atoms with E-state index in [1.165, 1.54) is 12.1 Å². The second-order valence-electron chi connectivity index (χ2n) is 5.21. The van der Waals surface area contributed by atoms with Gasteiger partial charge in [0.25, 0.3) is 12.9 Å². The first-order chi connectivity index (χ1) is 11.3. The van der Waals surface area contributed by atoms with E-state index in [9.17, 15) is 27.5 Å². The van der Waals surface area contributed by atoms with Crippen LogP contribution in [0.25, 0.3) is 0 Å². The largest absolute Gasteiger partial charge is 0.494 e. The lowest BCUT2D eigenvalue weighted by Crippen LogP contribution is -2.52. The minimum absolute atomic E-state index is 0.0651. The summed E-state index contributed by atoms with van der Waals surface area (Å²) in [5, 5.41) is 13.2. The number of carbonyl (C=O) groups is 1. The molecular weight excluding hydrogens is 332 g/mol. The Bertz CT molecular complexity index is 622. The molecule has 1 heterocycles. The van der Waals surface area contributed by atoms with Gasteiger partial charge in [0.1, 0.15) is 11.5 Å². The van der Waals surface area contributed by atoms with Gasteiger partial charge in [-0.1, -0.05) is 12.1 Å². The third kappa shape index (κ3) is 3.66. The maximum atomic E-state index is 13.1. The highest BCUT2D eigenvalue weighted by Crippen LogP contribution is 2.33. The number of alkyl halides is 4. The van der Waals surface area contributed by atoms with Gasteiger partial charge in [-0.3, -0.25) is 4.79 Å². The van der Waals surface area contributed by atoms with Gasteiger partial charge in [-0.25, -0.2) is 17.6 Å². The van der Waals surface area contributed by atoms with E-state index in [-0.39, 0.29) is 11.4 Å². The van der Waals surface area contributed by atoms with Crippen molar-refractivity contribution in [1.29, 1.82) is 0 Å². The Labute approximate surface area is 135 Å². The second kappa shape index (κ2) is 7.16. The average Bonchev–Trinajstić information content (AvgIpc) is 2.89. The lowest BCUT2D eigenvalue weighted by atomic mass is 10.1. The van der Waals surface area contributed by atoms with Crippen molar-refractivity contribution < 1.29 is 32.2 Å². The Balaban J connectivity index is 2.16. The van der Waals surface area contributed by atoms with Crippen LogP contribution in [0.3, 0.4) is 0 Å². The zero-order chi connectivity index (χ0) is 17.9. The first kappa shape index (κ1) is 18.2. The zero-order valence-corrected chi connectivity index (χ0v) is 12.8. The van der Waals surface area contributed by atoms with Gasteiger partial charge < -0.3 is 9.84 Å². The molecule has 1 unspecified atom stereocenters. The summed E-state index contributed by atoms with van der Waals surface area (Å²) in [4.78, 5) is 12.2. The molecule has 9 heteroatoms. The normalized spacial score (nSPS) is 20.7. The van der Waals surface area contributed by atoms with Gasteiger partial charge in [0.05, 0.1) is 13.0 Å². The number of ether oxygens (including phenoxy) is 1. The van der Waals surface area contributed by atoms with E-state index >= 15 is 0 Å². The lowest BCUT2D eigenvalue weighted by molar-refractivity contribution is -0.191. The fourth-order valence-electron chi connectivity index (χ4n) is 2.27. The molecule has 1 aliphatic rings. The summed E-state index contributed by atoms with van der Waals surface area (Å²) in [5.41, 5.74) is -3.55. The lowest BCUT2D eigenvalue weighted by Gasteiger charge is -2.30. The molecule has 5 nitrogen and oxygen atoms in total. The molecule has 1 amide bonds. The van der Waals surface area contributed by atoms with Crippen LogP contribution >= 0.6 is 0 Å². The highest BCUT2D eigenvalue weighted by atomic mass is 19.3. The van der Waals surface area contributed by atoms with Crippen LogP contribution in [0.15, 0.2) is 29.4 Å². The molecule has 0 aromatic heterocycles. The zero-order valence-electron chi connectivity index (χ0n) is 12.8. The Hall–Kier alpha value is -2.16. The van der Waals surface area contributed by atoms with E-state index in [2.05, 4.69) is 5.10 Å².